The van der Waals surface area contributed by atoms with E-state index in [9.17, 15) is 8.42 Å². The molecular weight excluding hydrogens is 358 g/mol. The second-order valence-electron chi connectivity index (χ2n) is 6.81. The van der Waals surface area contributed by atoms with E-state index in [2.05, 4.69) is 6.92 Å². The van der Waals surface area contributed by atoms with Crippen molar-refractivity contribution in [1.29, 1.82) is 0 Å². The number of unbranched alkanes of at least 4 members (excludes halogenated alkanes) is 9. The first kappa shape index (κ1) is 28.0. The minimum Gasteiger partial charge on any atom is -0.379 e. The number of hydrogen-bond donors (Lipinski definition) is 4. The van der Waals surface area contributed by atoms with Crippen molar-refractivity contribution in [2.24, 2.45) is 0 Å². The Kier molecular flexibility index (Phi) is 18.2. The summed E-state index contributed by atoms with van der Waals surface area (Å²) in [7, 11) is -3.73. The van der Waals surface area contributed by atoms with Crippen LogP contribution in [0.4, 0.5) is 0 Å². The molecule has 0 rings (SSSR count). The van der Waals surface area contributed by atoms with E-state index >= 15 is 0 Å². The van der Waals surface area contributed by atoms with Crippen molar-refractivity contribution in [3.63, 3.8) is 0 Å². The molecule has 7 nitrogen and oxygen atoms in total. The smallest absolute Gasteiger partial charge is 0.264 e. The monoisotopic (exact) mass is 399 g/mol. The molecule has 0 aliphatic rings. The Labute approximate surface area is 160 Å². The van der Waals surface area contributed by atoms with Crippen LogP contribution in [0.15, 0.2) is 0 Å². The molecular formula is C18H41NO6S. The largest absolute Gasteiger partial charge is 0.379 e. The lowest BCUT2D eigenvalue weighted by molar-refractivity contribution is -0.159. The van der Waals surface area contributed by atoms with Crippen LogP contribution >= 0.6 is 0 Å². The maximum absolute atomic E-state index is 10.4. The Morgan fingerprint density at radius 1 is 0.692 bits per heavy atom. The average molecular weight is 400 g/mol. The molecule has 0 radical (unpaired) electrons. The van der Waals surface area contributed by atoms with Crippen LogP contribution in [0.5, 0.6) is 0 Å². The quantitative estimate of drug-likeness (QED) is 0.201. The first-order chi connectivity index (χ1) is 12.0. The van der Waals surface area contributed by atoms with E-state index in [1.807, 2.05) is 0 Å². The molecule has 0 bridgehead atoms. The first-order valence-corrected chi connectivity index (χ1v) is 11.4. The summed E-state index contributed by atoms with van der Waals surface area (Å²) in [5.41, 5.74) is 0. The second kappa shape index (κ2) is 16.9. The van der Waals surface area contributed by atoms with E-state index < -0.39 is 28.8 Å². The fourth-order valence-corrected chi connectivity index (χ4v) is 3.28. The summed E-state index contributed by atoms with van der Waals surface area (Å²) in [4.78, 5) is 1.17. The Bertz CT molecular complexity index is 379. The molecule has 0 aromatic heterocycles. The zero-order valence-corrected chi connectivity index (χ0v) is 17.8. The third kappa shape index (κ3) is 20.1. The predicted octanol–water partition coefficient (Wildman–Crippen LogP) is 3.10. The Hall–Kier alpha value is -0.250. The van der Waals surface area contributed by atoms with Crippen LogP contribution in [-0.4, -0.2) is 57.6 Å². The van der Waals surface area contributed by atoms with Gasteiger partial charge in [-0.25, -0.2) is 4.90 Å². The Balaban J connectivity index is 0. The summed E-state index contributed by atoms with van der Waals surface area (Å²) < 4.78 is 29.4. The fraction of sp³-hybridized carbons (Fsp3) is 1.00. The highest BCUT2D eigenvalue weighted by molar-refractivity contribution is 7.85. The highest BCUT2D eigenvalue weighted by Gasteiger charge is 2.20. The van der Waals surface area contributed by atoms with Gasteiger partial charge >= 0.3 is 0 Å². The number of aliphatic hydroxyl groups is 3. The maximum Gasteiger partial charge on any atom is 0.264 e. The molecule has 0 saturated carbocycles. The lowest BCUT2D eigenvalue weighted by Gasteiger charge is -2.30. The zero-order valence-electron chi connectivity index (χ0n) is 17.0. The van der Waals surface area contributed by atoms with Gasteiger partial charge in [0.25, 0.3) is 10.1 Å². The van der Waals surface area contributed by atoms with Crippen LogP contribution in [0.25, 0.3) is 0 Å². The van der Waals surface area contributed by atoms with E-state index in [0.29, 0.717) is 6.42 Å². The minimum absolute atomic E-state index is 0.0799. The zero-order chi connectivity index (χ0) is 20.6. The van der Waals surface area contributed by atoms with Crippen molar-refractivity contribution in [2.45, 2.75) is 111 Å². The molecule has 0 fully saturated rings. The fourth-order valence-electron chi connectivity index (χ4n) is 2.71. The van der Waals surface area contributed by atoms with Crippen molar-refractivity contribution in [1.82, 2.24) is 4.90 Å². The summed E-state index contributed by atoms with van der Waals surface area (Å²) >= 11 is 0. The van der Waals surface area contributed by atoms with E-state index in [-0.39, 0.29) is 5.75 Å². The molecule has 0 amide bonds. The predicted molar refractivity (Wildman–Crippen MR) is 105 cm³/mol. The van der Waals surface area contributed by atoms with Gasteiger partial charge in [-0.2, -0.15) is 8.42 Å². The van der Waals surface area contributed by atoms with Crippen molar-refractivity contribution in [2.75, 3.05) is 5.75 Å². The third-order valence-electron chi connectivity index (χ3n) is 4.05. The number of hydrogen-bond acceptors (Lipinski definition) is 6. The van der Waals surface area contributed by atoms with Gasteiger partial charge in [-0.1, -0.05) is 64.7 Å². The molecule has 8 heteroatoms. The molecule has 0 aliphatic heterocycles. The molecule has 0 saturated heterocycles. The molecule has 0 aromatic carbocycles. The van der Waals surface area contributed by atoms with Crippen LogP contribution in [0.3, 0.4) is 0 Å². The molecule has 0 aliphatic carbocycles. The normalized spacial score (nSPS) is 15.3. The molecule has 0 heterocycles. The van der Waals surface area contributed by atoms with Gasteiger partial charge in [0.15, 0.2) is 0 Å². The van der Waals surface area contributed by atoms with Crippen molar-refractivity contribution >= 4 is 10.1 Å². The lowest BCUT2D eigenvalue weighted by atomic mass is 10.1. The molecule has 0 spiro atoms. The summed E-state index contributed by atoms with van der Waals surface area (Å²) in [6.07, 6.45) is 9.15. The Morgan fingerprint density at radius 2 is 1.00 bits per heavy atom. The number of rotatable bonds is 14. The van der Waals surface area contributed by atoms with Gasteiger partial charge in [0, 0.05) is 0 Å². The second-order valence-corrected chi connectivity index (χ2v) is 8.38. The molecule has 26 heavy (non-hydrogen) atoms. The standard InChI is InChI=1S/C12H26O3S.C6H15NO3/c1-2-3-4-5-6-7-8-9-10-11-12-16(13,14)15;1-4(8)7(5(2)9)6(3)10/h2-12H2,1H3,(H,13,14,15);4-6,8-10H,1-3H3. The minimum atomic E-state index is -3.73. The van der Waals surface area contributed by atoms with Crippen LogP contribution in [0.1, 0.15) is 91.9 Å². The van der Waals surface area contributed by atoms with Crippen LogP contribution in [-0.2, 0) is 10.1 Å². The Morgan fingerprint density at radius 3 is 1.23 bits per heavy atom. The molecule has 0 aromatic rings. The van der Waals surface area contributed by atoms with Gasteiger partial charge in [-0.05, 0) is 27.2 Å². The third-order valence-corrected chi connectivity index (χ3v) is 4.85. The highest BCUT2D eigenvalue weighted by Crippen LogP contribution is 2.10. The highest BCUT2D eigenvalue weighted by atomic mass is 32.2. The summed E-state index contributed by atoms with van der Waals surface area (Å²) in [5.74, 6) is -0.0799. The van der Waals surface area contributed by atoms with Gasteiger partial charge in [-0.3, -0.25) is 4.55 Å². The van der Waals surface area contributed by atoms with Crippen molar-refractivity contribution < 1.29 is 28.3 Å². The maximum atomic E-state index is 10.4. The molecule has 3 atom stereocenters. The van der Waals surface area contributed by atoms with Gasteiger partial charge in [0.2, 0.25) is 0 Å². The van der Waals surface area contributed by atoms with Crippen LogP contribution in [0.2, 0.25) is 0 Å². The SMILES string of the molecule is CC(O)N(C(C)O)C(C)O.CCCCCCCCCCCCS(=O)(=O)O. The van der Waals surface area contributed by atoms with Crippen LogP contribution < -0.4 is 0 Å². The van der Waals surface area contributed by atoms with Gasteiger partial charge in [0.1, 0.15) is 18.7 Å². The summed E-state index contributed by atoms with van der Waals surface area (Å²) in [6, 6.07) is 0. The average Bonchev–Trinajstić information content (AvgIpc) is 2.47. The van der Waals surface area contributed by atoms with Crippen molar-refractivity contribution in [3.05, 3.63) is 0 Å². The van der Waals surface area contributed by atoms with Crippen LogP contribution in [0, 0.1) is 0 Å². The molecule has 4 N–H and O–H groups in total. The van der Waals surface area contributed by atoms with E-state index in [1.54, 1.807) is 0 Å². The van der Waals surface area contributed by atoms with Crippen molar-refractivity contribution in [3.8, 4) is 0 Å². The lowest BCUT2D eigenvalue weighted by Crippen LogP contribution is -2.45. The van der Waals surface area contributed by atoms with Gasteiger partial charge in [0.05, 0.1) is 5.75 Å². The van der Waals surface area contributed by atoms with E-state index in [4.69, 9.17) is 19.9 Å². The van der Waals surface area contributed by atoms with E-state index in [1.165, 1.54) is 70.6 Å². The first-order valence-electron chi connectivity index (χ1n) is 9.79. The summed E-state index contributed by atoms with van der Waals surface area (Å²) in [6.45, 7) is 6.67. The number of aliphatic hydroxyl groups excluding tert-OH is 3. The number of nitrogens with zero attached hydrogens (tertiary/aromatic N) is 1. The van der Waals surface area contributed by atoms with E-state index in [0.717, 1.165) is 12.8 Å². The summed E-state index contributed by atoms with van der Waals surface area (Å²) in [5, 5.41) is 26.9. The molecule has 3 unspecified atom stereocenters. The topological polar surface area (TPSA) is 118 Å². The molecule has 160 valence electrons. The van der Waals surface area contributed by atoms with Gasteiger partial charge < -0.3 is 15.3 Å². The van der Waals surface area contributed by atoms with Gasteiger partial charge in [-0.15, -0.1) is 0 Å².